The van der Waals surface area contributed by atoms with E-state index in [9.17, 15) is 8.42 Å². The fourth-order valence-corrected chi connectivity index (χ4v) is 3.56. The molecule has 15 heavy (non-hydrogen) atoms. The highest BCUT2D eigenvalue weighted by molar-refractivity contribution is 7.95. The van der Waals surface area contributed by atoms with Crippen LogP contribution in [0.3, 0.4) is 0 Å². The molecule has 1 aromatic rings. The van der Waals surface area contributed by atoms with E-state index in [-0.39, 0.29) is 5.54 Å². The van der Waals surface area contributed by atoms with Crippen LogP contribution in [0.5, 0.6) is 0 Å². The van der Waals surface area contributed by atoms with Gasteiger partial charge in [0, 0.05) is 10.9 Å². The maximum atomic E-state index is 11.8. The Balaban J connectivity index is 2.29. The molecule has 0 radical (unpaired) electrons. The molecule has 0 unspecified atom stereocenters. The Morgan fingerprint density at radius 2 is 1.87 bits per heavy atom. The maximum absolute atomic E-state index is 11.8. The van der Waals surface area contributed by atoms with E-state index in [0.717, 1.165) is 24.0 Å². The topological polar surface area (TPSA) is 60.2 Å². The molecule has 2 aliphatic rings. The Bertz CT molecular complexity index is 568. The normalized spacial score (nSPS) is 24.5. The van der Waals surface area contributed by atoms with Crippen molar-refractivity contribution in [3.63, 3.8) is 0 Å². The highest BCUT2D eigenvalue weighted by Gasteiger charge is 2.46. The van der Waals surface area contributed by atoms with Crippen LogP contribution >= 0.6 is 0 Å². The molecular formula is C11H11NO2S. The highest BCUT2D eigenvalue weighted by Crippen LogP contribution is 2.49. The minimum atomic E-state index is -3.24. The lowest BCUT2D eigenvalue weighted by Gasteiger charge is -2.10. The van der Waals surface area contributed by atoms with E-state index in [2.05, 4.69) is 0 Å². The van der Waals surface area contributed by atoms with Crippen LogP contribution < -0.4 is 5.73 Å². The summed E-state index contributed by atoms with van der Waals surface area (Å²) in [4.78, 5) is 0.400. The molecule has 0 bridgehead atoms. The Labute approximate surface area is 88.5 Å². The van der Waals surface area contributed by atoms with Crippen LogP contribution in [-0.2, 0) is 9.84 Å². The van der Waals surface area contributed by atoms with Gasteiger partial charge in [-0.25, -0.2) is 8.42 Å². The number of hydrogen-bond donors (Lipinski definition) is 1. The number of fused-ring (bicyclic) bond motifs is 1. The van der Waals surface area contributed by atoms with E-state index < -0.39 is 9.84 Å². The monoisotopic (exact) mass is 221 g/mol. The summed E-state index contributed by atoms with van der Waals surface area (Å²) in [6.45, 7) is 0. The SMILES string of the molecule is NC1(C2=CS(=O)(=O)c3ccccc32)CC1. The highest BCUT2D eigenvalue weighted by atomic mass is 32.2. The van der Waals surface area contributed by atoms with Gasteiger partial charge in [0.1, 0.15) is 0 Å². The van der Waals surface area contributed by atoms with Gasteiger partial charge in [-0.05, 0) is 30.0 Å². The standard InChI is InChI=1S/C11H11NO2S/c12-11(5-6-11)9-7-15(13,14)10-4-2-1-3-8(9)10/h1-4,7H,5-6,12H2. The van der Waals surface area contributed by atoms with Crippen LogP contribution in [0.15, 0.2) is 34.6 Å². The lowest BCUT2D eigenvalue weighted by molar-refractivity contribution is 0.605. The lowest BCUT2D eigenvalue weighted by Crippen LogP contribution is -2.22. The predicted octanol–water partition coefficient (Wildman–Crippen LogP) is 1.31. The van der Waals surface area contributed by atoms with Gasteiger partial charge in [-0.1, -0.05) is 18.2 Å². The molecule has 3 nitrogen and oxygen atoms in total. The Morgan fingerprint density at radius 3 is 2.53 bits per heavy atom. The van der Waals surface area contributed by atoms with E-state index in [4.69, 9.17) is 5.73 Å². The zero-order valence-electron chi connectivity index (χ0n) is 8.10. The molecule has 3 rings (SSSR count). The van der Waals surface area contributed by atoms with Gasteiger partial charge in [0.05, 0.1) is 4.90 Å². The minimum Gasteiger partial charge on any atom is -0.321 e. The summed E-state index contributed by atoms with van der Waals surface area (Å²) in [7, 11) is -3.24. The van der Waals surface area contributed by atoms with Gasteiger partial charge in [0.15, 0.2) is 0 Å². The van der Waals surface area contributed by atoms with Crippen LogP contribution in [0.2, 0.25) is 0 Å². The number of sulfone groups is 1. The smallest absolute Gasteiger partial charge is 0.200 e. The van der Waals surface area contributed by atoms with Gasteiger partial charge in [-0.15, -0.1) is 0 Å². The minimum absolute atomic E-state index is 0.389. The van der Waals surface area contributed by atoms with Gasteiger partial charge < -0.3 is 5.73 Å². The van der Waals surface area contributed by atoms with E-state index in [1.807, 2.05) is 12.1 Å². The molecule has 4 heteroatoms. The summed E-state index contributed by atoms with van der Waals surface area (Å²) in [6.07, 6.45) is 1.76. The molecule has 1 heterocycles. The molecule has 78 valence electrons. The third-order valence-corrected chi connectivity index (χ3v) is 4.60. The number of hydrogen-bond acceptors (Lipinski definition) is 3. The zero-order valence-corrected chi connectivity index (χ0v) is 8.92. The van der Waals surface area contributed by atoms with Gasteiger partial charge in [-0.2, -0.15) is 0 Å². The fourth-order valence-electron chi connectivity index (χ4n) is 2.01. The van der Waals surface area contributed by atoms with E-state index in [1.54, 1.807) is 12.1 Å². The molecule has 0 spiro atoms. The Hall–Kier alpha value is -1.13. The molecule has 2 N–H and O–H groups in total. The second-order valence-electron chi connectivity index (χ2n) is 4.23. The number of rotatable bonds is 1. The number of nitrogens with two attached hydrogens (primary N) is 1. The van der Waals surface area contributed by atoms with Crippen molar-refractivity contribution in [1.29, 1.82) is 0 Å². The van der Waals surface area contributed by atoms with Crippen molar-refractivity contribution in [3.05, 3.63) is 35.2 Å². The summed E-state index contributed by atoms with van der Waals surface area (Å²) in [6, 6.07) is 7.06. The van der Waals surface area contributed by atoms with Crippen molar-refractivity contribution in [2.24, 2.45) is 5.73 Å². The van der Waals surface area contributed by atoms with Gasteiger partial charge in [0.2, 0.25) is 9.84 Å². The van der Waals surface area contributed by atoms with Crippen LogP contribution in [0.1, 0.15) is 18.4 Å². The largest absolute Gasteiger partial charge is 0.321 e. The molecule has 0 amide bonds. The van der Waals surface area contributed by atoms with E-state index >= 15 is 0 Å². The van der Waals surface area contributed by atoms with Crippen LogP contribution in [-0.4, -0.2) is 14.0 Å². The number of benzene rings is 1. The van der Waals surface area contributed by atoms with Gasteiger partial charge >= 0.3 is 0 Å². The van der Waals surface area contributed by atoms with Crippen molar-refractivity contribution in [1.82, 2.24) is 0 Å². The average Bonchev–Trinajstić information content (AvgIpc) is 2.87. The van der Waals surface area contributed by atoms with Crippen LogP contribution in [0.4, 0.5) is 0 Å². The first-order valence-corrected chi connectivity index (χ1v) is 6.43. The van der Waals surface area contributed by atoms with Gasteiger partial charge in [0.25, 0.3) is 0 Å². The second kappa shape index (κ2) is 2.51. The van der Waals surface area contributed by atoms with Crippen LogP contribution in [0.25, 0.3) is 5.57 Å². The second-order valence-corrected chi connectivity index (χ2v) is 5.99. The first kappa shape index (κ1) is 9.12. The van der Waals surface area contributed by atoms with Crippen LogP contribution in [0, 0.1) is 0 Å². The maximum Gasteiger partial charge on any atom is 0.200 e. The van der Waals surface area contributed by atoms with Crippen molar-refractivity contribution in [2.75, 3.05) is 0 Å². The summed E-state index contributed by atoms with van der Waals surface area (Å²) in [5.41, 5.74) is 7.25. The first-order chi connectivity index (χ1) is 7.03. The molecule has 0 aromatic heterocycles. The van der Waals surface area contributed by atoms with Crippen molar-refractivity contribution in [2.45, 2.75) is 23.3 Å². The van der Waals surface area contributed by atoms with E-state index in [1.165, 1.54) is 5.41 Å². The predicted molar refractivity (Wildman–Crippen MR) is 57.8 cm³/mol. The molecular weight excluding hydrogens is 210 g/mol. The van der Waals surface area contributed by atoms with Crippen molar-refractivity contribution in [3.8, 4) is 0 Å². The lowest BCUT2D eigenvalue weighted by atomic mass is 9.99. The summed E-state index contributed by atoms with van der Waals surface area (Å²) in [5, 5.41) is 1.34. The Kier molecular flexibility index (Phi) is 1.53. The van der Waals surface area contributed by atoms with Crippen molar-refractivity contribution >= 4 is 15.4 Å². The van der Waals surface area contributed by atoms with E-state index in [0.29, 0.717) is 4.90 Å². The molecule has 0 saturated heterocycles. The fraction of sp³-hybridized carbons (Fsp3) is 0.273. The summed E-state index contributed by atoms with van der Waals surface area (Å²) in [5.74, 6) is 0. The quantitative estimate of drug-likeness (QED) is 0.777. The average molecular weight is 221 g/mol. The molecule has 1 fully saturated rings. The molecule has 0 atom stereocenters. The molecule has 1 aromatic carbocycles. The van der Waals surface area contributed by atoms with Gasteiger partial charge in [-0.3, -0.25) is 0 Å². The molecule has 1 aliphatic heterocycles. The summed E-state index contributed by atoms with van der Waals surface area (Å²) >= 11 is 0. The summed E-state index contributed by atoms with van der Waals surface area (Å²) < 4.78 is 23.6. The van der Waals surface area contributed by atoms with Crippen molar-refractivity contribution < 1.29 is 8.42 Å². The third kappa shape index (κ3) is 1.18. The first-order valence-electron chi connectivity index (χ1n) is 4.88. The molecule has 1 aliphatic carbocycles. The molecule has 1 saturated carbocycles. The zero-order chi connectivity index (χ0) is 10.7. The third-order valence-electron chi connectivity index (χ3n) is 3.08. The Morgan fingerprint density at radius 1 is 1.20 bits per heavy atom.